The van der Waals surface area contributed by atoms with E-state index in [2.05, 4.69) is 4.90 Å². The van der Waals surface area contributed by atoms with Gasteiger partial charge < -0.3 is 9.64 Å². The summed E-state index contributed by atoms with van der Waals surface area (Å²) in [5.41, 5.74) is 2.19. The number of nitrogens with zero attached hydrogens (tertiary/aromatic N) is 2. The Morgan fingerprint density at radius 1 is 0.846 bits per heavy atom. The lowest BCUT2D eigenvalue weighted by atomic mass is 10.2. The molecule has 1 aliphatic rings. The molecule has 1 fully saturated rings. The molecular formula is C20H23F3N2O. The Kier molecular flexibility index (Phi) is 6.04. The van der Waals surface area contributed by atoms with E-state index >= 15 is 0 Å². The third-order valence-electron chi connectivity index (χ3n) is 4.53. The Morgan fingerprint density at radius 3 is 2.12 bits per heavy atom. The molecule has 0 aliphatic carbocycles. The third kappa shape index (κ3) is 5.66. The Labute approximate surface area is 152 Å². The number of rotatable bonds is 6. The molecule has 2 aromatic carbocycles. The Hall–Kier alpha value is -2.21. The largest absolute Gasteiger partial charge is 0.489 e. The second-order valence-corrected chi connectivity index (χ2v) is 6.46. The summed E-state index contributed by atoms with van der Waals surface area (Å²) in [6.45, 7) is 3.40. The molecule has 1 saturated heterocycles. The van der Waals surface area contributed by atoms with Crippen LogP contribution in [-0.2, 0) is 6.61 Å². The van der Waals surface area contributed by atoms with Gasteiger partial charge in [-0.2, -0.15) is 13.2 Å². The van der Waals surface area contributed by atoms with Gasteiger partial charge in [0.1, 0.15) is 12.4 Å². The standard InChI is InChI=1S/C20H23F3N2O/c21-20(22,23)10-11-24-12-14-25(15-13-24)18-6-8-19(9-7-18)26-16-17-4-2-1-3-5-17/h1-9H,10-16H2. The summed E-state index contributed by atoms with van der Waals surface area (Å²) >= 11 is 0. The van der Waals surface area contributed by atoms with Crippen molar-refractivity contribution < 1.29 is 17.9 Å². The maximum absolute atomic E-state index is 12.3. The summed E-state index contributed by atoms with van der Waals surface area (Å²) in [5.74, 6) is 0.807. The van der Waals surface area contributed by atoms with Crippen molar-refractivity contribution in [2.45, 2.75) is 19.2 Å². The molecule has 0 unspecified atom stereocenters. The van der Waals surface area contributed by atoms with E-state index in [-0.39, 0.29) is 6.54 Å². The zero-order valence-corrected chi connectivity index (χ0v) is 14.6. The van der Waals surface area contributed by atoms with Crippen LogP contribution in [0.2, 0.25) is 0 Å². The first-order valence-corrected chi connectivity index (χ1v) is 8.80. The van der Waals surface area contributed by atoms with E-state index in [1.54, 1.807) is 0 Å². The molecule has 3 rings (SSSR count). The predicted molar refractivity (Wildman–Crippen MR) is 96.5 cm³/mol. The number of hydrogen-bond donors (Lipinski definition) is 0. The van der Waals surface area contributed by atoms with Gasteiger partial charge in [-0.15, -0.1) is 0 Å². The Bertz CT molecular complexity index is 666. The van der Waals surface area contributed by atoms with Crippen molar-refractivity contribution in [3.8, 4) is 5.75 Å². The molecule has 1 aliphatic heterocycles. The molecule has 1 heterocycles. The molecule has 2 aromatic rings. The maximum atomic E-state index is 12.3. The molecule has 0 amide bonds. The van der Waals surface area contributed by atoms with Crippen molar-refractivity contribution in [2.24, 2.45) is 0 Å². The lowest BCUT2D eigenvalue weighted by molar-refractivity contribution is -0.138. The first-order chi connectivity index (χ1) is 12.5. The summed E-state index contributed by atoms with van der Waals surface area (Å²) in [6, 6.07) is 17.9. The molecule has 0 N–H and O–H groups in total. The first-order valence-electron chi connectivity index (χ1n) is 8.80. The van der Waals surface area contributed by atoms with Crippen molar-refractivity contribution in [2.75, 3.05) is 37.6 Å². The second kappa shape index (κ2) is 8.45. The fourth-order valence-corrected chi connectivity index (χ4v) is 3.01. The minimum atomic E-state index is -4.08. The zero-order chi connectivity index (χ0) is 18.4. The van der Waals surface area contributed by atoms with Crippen LogP contribution < -0.4 is 9.64 Å². The summed E-state index contributed by atoms with van der Waals surface area (Å²) in [5, 5.41) is 0. The molecule has 6 heteroatoms. The number of halogens is 3. The van der Waals surface area contributed by atoms with Crippen molar-refractivity contribution in [1.82, 2.24) is 4.90 Å². The Morgan fingerprint density at radius 2 is 1.50 bits per heavy atom. The lowest BCUT2D eigenvalue weighted by Gasteiger charge is -2.36. The minimum Gasteiger partial charge on any atom is -0.489 e. The highest BCUT2D eigenvalue weighted by Crippen LogP contribution is 2.23. The van der Waals surface area contributed by atoms with Crippen molar-refractivity contribution in [3.63, 3.8) is 0 Å². The monoisotopic (exact) mass is 364 g/mol. The molecular weight excluding hydrogens is 341 g/mol. The van der Waals surface area contributed by atoms with E-state index in [9.17, 15) is 13.2 Å². The molecule has 0 spiro atoms. The highest BCUT2D eigenvalue weighted by Gasteiger charge is 2.28. The van der Waals surface area contributed by atoms with Crippen LogP contribution in [0.25, 0.3) is 0 Å². The average Bonchev–Trinajstić information content (AvgIpc) is 2.66. The molecule has 0 atom stereocenters. The minimum absolute atomic E-state index is 0.0869. The number of hydrogen-bond acceptors (Lipinski definition) is 3. The smallest absolute Gasteiger partial charge is 0.390 e. The number of ether oxygens (including phenoxy) is 1. The summed E-state index contributed by atoms with van der Waals surface area (Å²) in [7, 11) is 0. The maximum Gasteiger partial charge on any atom is 0.390 e. The fourth-order valence-electron chi connectivity index (χ4n) is 3.01. The molecule has 3 nitrogen and oxygen atoms in total. The molecule has 0 radical (unpaired) electrons. The quantitative estimate of drug-likeness (QED) is 0.758. The van der Waals surface area contributed by atoms with E-state index in [0.29, 0.717) is 19.7 Å². The number of piperazine rings is 1. The number of benzene rings is 2. The molecule has 0 aromatic heterocycles. The lowest BCUT2D eigenvalue weighted by Crippen LogP contribution is -2.47. The van der Waals surface area contributed by atoms with E-state index in [1.165, 1.54) is 0 Å². The summed E-state index contributed by atoms with van der Waals surface area (Å²) < 4.78 is 42.7. The highest BCUT2D eigenvalue weighted by molar-refractivity contribution is 5.49. The number of alkyl halides is 3. The van der Waals surface area contributed by atoms with E-state index in [1.807, 2.05) is 59.5 Å². The first kappa shape index (κ1) is 18.6. The average molecular weight is 364 g/mol. The van der Waals surface area contributed by atoms with Crippen LogP contribution in [0.1, 0.15) is 12.0 Å². The van der Waals surface area contributed by atoms with Gasteiger partial charge in [0, 0.05) is 38.4 Å². The van der Waals surface area contributed by atoms with Gasteiger partial charge in [-0.25, -0.2) is 0 Å². The molecule has 26 heavy (non-hydrogen) atoms. The molecule has 0 saturated carbocycles. The van der Waals surface area contributed by atoms with E-state index < -0.39 is 12.6 Å². The fraction of sp³-hybridized carbons (Fsp3) is 0.400. The SMILES string of the molecule is FC(F)(F)CCN1CCN(c2ccc(OCc3ccccc3)cc2)CC1. The van der Waals surface area contributed by atoms with Crippen LogP contribution in [0.4, 0.5) is 18.9 Å². The van der Waals surface area contributed by atoms with Gasteiger partial charge >= 0.3 is 6.18 Å². The second-order valence-electron chi connectivity index (χ2n) is 6.46. The molecule has 140 valence electrons. The summed E-state index contributed by atoms with van der Waals surface area (Å²) in [4.78, 5) is 4.08. The normalized spacial score (nSPS) is 15.9. The predicted octanol–water partition coefficient (Wildman–Crippen LogP) is 4.34. The molecule has 0 bridgehead atoms. The topological polar surface area (TPSA) is 15.7 Å². The van der Waals surface area contributed by atoms with Crippen molar-refractivity contribution in [1.29, 1.82) is 0 Å². The van der Waals surface area contributed by atoms with Crippen LogP contribution >= 0.6 is 0 Å². The van der Waals surface area contributed by atoms with Gasteiger partial charge in [-0.05, 0) is 29.8 Å². The van der Waals surface area contributed by atoms with Crippen LogP contribution in [-0.4, -0.2) is 43.8 Å². The highest BCUT2D eigenvalue weighted by atomic mass is 19.4. The van der Waals surface area contributed by atoms with Crippen LogP contribution in [0.15, 0.2) is 54.6 Å². The van der Waals surface area contributed by atoms with Gasteiger partial charge in [0.05, 0.1) is 6.42 Å². The van der Waals surface area contributed by atoms with Gasteiger partial charge in [-0.1, -0.05) is 30.3 Å². The van der Waals surface area contributed by atoms with Crippen LogP contribution in [0.3, 0.4) is 0 Å². The van der Waals surface area contributed by atoms with E-state index in [0.717, 1.165) is 30.1 Å². The van der Waals surface area contributed by atoms with E-state index in [4.69, 9.17) is 4.74 Å². The summed E-state index contributed by atoms with van der Waals surface area (Å²) in [6.07, 6.45) is -4.81. The number of anilines is 1. The van der Waals surface area contributed by atoms with Gasteiger partial charge in [0.15, 0.2) is 0 Å². The Balaban J connectivity index is 1.46. The van der Waals surface area contributed by atoms with Crippen LogP contribution in [0, 0.1) is 0 Å². The third-order valence-corrected chi connectivity index (χ3v) is 4.53. The zero-order valence-electron chi connectivity index (χ0n) is 14.6. The van der Waals surface area contributed by atoms with Crippen molar-refractivity contribution in [3.05, 3.63) is 60.2 Å². The van der Waals surface area contributed by atoms with Crippen molar-refractivity contribution >= 4 is 5.69 Å². The van der Waals surface area contributed by atoms with Gasteiger partial charge in [0.2, 0.25) is 0 Å². The van der Waals surface area contributed by atoms with Gasteiger partial charge in [-0.3, -0.25) is 4.90 Å². The van der Waals surface area contributed by atoms with Gasteiger partial charge in [0.25, 0.3) is 0 Å². The van der Waals surface area contributed by atoms with Crippen LogP contribution in [0.5, 0.6) is 5.75 Å².